The number of nitrogens with one attached hydrogen (secondary N) is 2. The van der Waals surface area contributed by atoms with E-state index >= 15 is 0 Å². The highest BCUT2D eigenvalue weighted by molar-refractivity contribution is 5.96. The van der Waals surface area contributed by atoms with Gasteiger partial charge in [-0.25, -0.2) is 0 Å². The van der Waals surface area contributed by atoms with E-state index in [9.17, 15) is 14.4 Å². The molecule has 4 N–H and O–H groups in total. The van der Waals surface area contributed by atoms with E-state index in [-0.39, 0.29) is 48.4 Å². The summed E-state index contributed by atoms with van der Waals surface area (Å²) in [6.07, 6.45) is 1.54. The van der Waals surface area contributed by atoms with Gasteiger partial charge in [-0.2, -0.15) is 0 Å². The topological polar surface area (TPSA) is 142 Å². The Kier molecular flexibility index (Phi) is 8.11. The van der Waals surface area contributed by atoms with Gasteiger partial charge in [-0.15, -0.1) is 0 Å². The molecular weight excluding hydrogens is 442 g/mol. The molecule has 0 radical (unpaired) electrons. The molecule has 0 saturated carbocycles. The molecule has 10 nitrogen and oxygen atoms in total. The Balaban J connectivity index is 1.66. The first-order chi connectivity index (χ1) is 16.4. The van der Waals surface area contributed by atoms with Crippen LogP contribution in [0.3, 0.4) is 0 Å². The molecule has 10 heteroatoms. The second kappa shape index (κ2) is 11.4. The zero-order valence-electron chi connectivity index (χ0n) is 18.8. The zero-order valence-corrected chi connectivity index (χ0v) is 18.8. The number of primary amides is 1. The van der Waals surface area contributed by atoms with Crippen LogP contribution in [-0.2, 0) is 17.9 Å². The van der Waals surface area contributed by atoms with E-state index in [4.69, 9.17) is 24.4 Å². The fraction of sp³-hybridized carbons (Fsp3) is 0.208. The lowest BCUT2D eigenvalue weighted by Crippen LogP contribution is -2.24. The minimum absolute atomic E-state index is 0.161. The molecule has 0 unspecified atom stereocenters. The summed E-state index contributed by atoms with van der Waals surface area (Å²) in [5.74, 6) is -0.0941. The van der Waals surface area contributed by atoms with E-state index in [1.807, 2.05) is 0 Å². The van der Waals surface area contributed by atoms with Gasteiger partial charge in [-0.1, -0.05) is 12.1 Å². The molecule has 3 aromatic rings. The Bertz CT molecular complexity index is 1130. The first kappa shape index (κ1) is 24.2. The molecule has 0 bridgehead atoms. The van der Waals surface area contributed by atoms with Crippen molar-refractivity contribution in [3.05, 3.63) is 77.2 Å². The lowest BCUT2D eigenvalue weighted by molar-refractivity contribution is -0.120. The Morgan fingerprint density at radius 1 is 0.882 bits per heavy atom. The fourth-order valence-electron chi connectivity index (χ4n) is 3.09. The van der Waals surface area contributed by atoms with Gasteiger partial charge in [-0.3, -0.25) is 14.4 Å². The molecule has 0 aliphatic carbocycles. The van der Waals surface area contributed by atoms with Crippen molar-refractivity contribution < 1.29 is 33.0 Å². The molecule has 0 spiro atoms. The third kappa shape index (κ3) is 6.28. The van der Waals surface area contributed by atoms with Crippen LogP contribution in [0.4, 0.5) is 0 Å². The lowest BCUT2D eigenvalue weighted by atomic mass is 10.1. The SMILES string of the molecule is COc1cc(C(=O)NCc2cccc(C(=O)NCc3ccco3)c2)cc(OC)c1OCC(N)=O. The van der Waals surface area contributed by atoms with Gasteiger partial charge in [0.25, 0.3) is 17.7 Å². The summed E-state index contributed by atoms with van der Waals surface area (Å²) in [5.41, 5.74) is 6.57. The van der Waals surface area contributed by atoms with Crippen molar-refractivity contribution >= 4 is 17.7 Å². The molecule has 0 fully saturated rings. The van der Waals surface area contributed by atoms with Crippen LogP contribution in [0, 0.1) is 0 Å². The predicted octanol–water partition coefficient (Wildman–Crippen LogP) is 2.02. The molecule has 0 saturated heterocycles. The normalized spacial score (nSPS) is 10.3. The largest absolute Gasteiger partial charge is 0.493 e. The second-order valence-corrected chi connectivity index (χ2v) is 7.11. The maximum Gasteiger partial charge on any atom is 0.255 e. The molecule has 34 heavy (non-hydrogen) atoms. The van der Waals surface area contributed by atoms with Gasteiger partial charge in [0, 0.05) is 17.7 Å². The predicted molar refractivity (Wildman–Crippen MR) is 122 cm³/mol. The molecule has 3 rings (SSSR count). The maximum absolute atomic E-state index is 12.8. The number of carbonyl (C=O) groups is 3. The van der Waals surface area contributed by atoms with Gasteiger partial charge in [0.05, 0.1) is 27.0 Å². The van der Waals surface area contributed by atoms with E-state index in [1.165, 1.54) is 32.6 Å². The van der Waals surface area contributed by atoms with E-state index in [0.717, 1.165) is 5.56 Å². The van der Waals surface area contributed by atoms with Crippen molar-refractivity contribution in [1.82, 2.24) is 10.6 Å². The summed E-state index contributed by atoms with van der Waals surface area (Å²) < 4.78 is 21.1. The van der Waals surface area contributed by atoms with E-state index < -0.39 is 11.8 Å². The Hall–Kier alpha value is -4.47. The minimum Gasteiger partial charge on any atom is -0.493 e. The maximum atomic E-state index is 12.8. The first-order valence-electron chi connectivity index (χ1n) is 10.3. The van der Waals surface area contributed by atoms with Crippen LogP contribution in [0.25, 0.3) is 0 Å². The number of hydrogen-bond donors (Lipinski definition) is 3. The number of amides is 3. The summed E-state index contributed by atoms with van der Waals surface area (Å²) in [5, 5.41) is 5.57. The molecule has 3 amide bonds. The number of hydrogen-bond acceptors (Lipinski definition) is 7. The monoisotopic (exact) mass is 467 g/mol. The molecule has 178 valence electrons. The third-order valence-corrected chi connectivity index (χ3v) is 4.73. The third-order valence-electron chi connectivity index (χ3n) is 4.73. The van der Waals surface area contributed by atoms with Gasteiger partial charge in [0.15, 0.2) is 18.1 Å². The summed E-state index contributed by atoms with van der Waals surface area (Å²) in [6.45, 7) is 0.0853. The Morgan fingerprint density at radius 2 is 1.56 bits per heavy atom. The van der Waals surface area contributed by atoms with Crippen LogP contribution in [0.1, 0.15) is 32.0 Å². The smallest absolute Gasteiger partial charge is 0.255 e. The molecule has 1 aromatic heterocycles. The highest BCUT2D eigenvalue weighted by Crippen LogP contribution is 2.38. The van der Waals surface area contributed by atoms with Crippen LogP contribution >= 0.6 is 0 Å². The molecule has 0 atom stereocenters. The zero-order chi connectivity index (χ0) is 24.5. The number of benzene rings is 2. The molecular formula is C24H25N3O7. The van der Waals surface area contributed by atoms with Crippen LogP contribution in [0.15, 0.2) is 59.2 Å². The van der Waals surface area contributed by atoms with E-state index in [2.05, 4.69) is 10.6 Å². The van der Waals surface area contributed by atoms with Gasteiger partial charge < -0.3 is 35.0 Å². The summed E-state index contributed by atoms with van der Waals surface area (Å²) in [4.78, 5) is 36.2. The first-order valence-corrected chi connectivity index (χ1v) is 10.3. The average Bonchev–Trinajstić information content (AvgIpc) is 3.37. The molecule has 0 aliphatic rings. The van der Waals surface area contributed by atoms with Crippen molar-refractivity contribution in [2.75, 3.05) is 20.8 Å². The second-order valence-electron chi connectivity index (χ2n) is 7.11. The summed E-state index contributed by atoms with van der Waals surface area (Å²) in [6, 6.07) is 13.4. The molecule has 0 aliphatic heterocycles. The summed E-state index contributed by atoms with van der Waals surface area (Å²) in [7, 11) is 2.80. The fourth-order valence-corrected chi connectivity index (χ4v) is 3.09. The molecule has 2 aromatic carbocycles. The number of furan rings is 1. The van der Waals surface area contributed by atoms with Crippen molar-refractivity contribution in [3.63, 3.8) is 0 Å². The number of methoxy groups -OCH3 is 2. The Labute approximate surface area is 196 Å². The highest BCUT2D eigenvalue weighted by atomic mass is 16.5. The minimum atomic E-state index is -0.664. The van der Waals surface area contributed by atoms with Gasteiger partial charge in [-0.05, 0) is 42.0 Å². The van der Waals surface area contributed by atoms with Crippen molar-refractivity contribution in [1.29, 1.82) is 0 Å². The van der Waals surface area contributed by atoms with Crippen molar-refractivity contribution in [2.45, 2.75) is 13.1 Å². The Morgan fingerprint density at radius 3 is 2.18 bits per heavy atom. The standard InChI is InChI=1S/C24H25N3O7/c1-31-19-10-17(11-20(32-2)22(19)34-14-21(25)28)24(30)26-12-15-5-3-6-16(9-15)23(29)27-13-18-7-4-8-33-18/h3-11H,12-14H2,1-2H3,(H2,25,28)(H,26,30)(H,27,29). The van der Waals surface area contributed by atoms with Gasteiger partial charge >= 0.3 is 0 Å². The van der Waals surface area contributed by atoms with Crippen molar-refractivity contribution in [3.8, 4) is 17.2 Å². The van der Waals surface area contributed by atoms with Crippen LogP contribution in [-0.4, -0.2) is 38.5 Å². The van der Waals surface area contributed by atoms with Crippen LogP contribution < -0.4 is 30.6 Å². The number of nitrogens with two attached hydrogens (primary N) is 1. The number of rotatable bonds is 11. The molecule has 1 heterocycles. The average molecular weight is 467 g/mol. The summed E-state index contributed by atoms with van der Waals surface area (Å²) >= 11 is 0. The lowest BCUT2D eigenvalue weighted by Gasteiger charge is -2.15. The highest BCUT2D eigenvalue weighted by Gasteiger charge is 2.18. The van der Waals surface area contributed by atoms with Gasteiger partial charge in [0.2, 0.25) is 5.75 Å². The van der Waals surface area contributed by atoms with Crippen LogP contribution in [0.5, 0.6) is 17.2 Å². The van der Waals surface area contributed by atoms with Crippen molar-refractivity contribution in [2.24, 2.45) is 5.73 Å². The van der Waals surface area contributed by atoms with E-state index in [1.54, 1.807) is 36.4 Å². The quantitative estimate of drug-likeness (QED) is 0.392. The number of carbonyl (C=O) groups excluding carboxylic acids is 3. The number of ether oxygens (including phenoxy) is 3. The van der Waals surface area contributed by atoms with Gasteiger partial charge in [0.1, 0.15) is 5.76 Å². The van der Waals surface area contributed by atoms with Crippen LogP contribution in [0.2, 0.25) is 0 Å². The van der Waals surface area contributed by atoms with E-state index in [0.29, 0.717) is 11.3 Å².